The van der Waals surface area contributed by atoms with Gasteiger partial charge in [-0.1, -0.05) is 0 Å². The minimum absolute atomic E-state index is 0.493. The van der Waals surface area contributed by atoms with E-state index in [4.69, 9.17) is 0 Å². The minimum Gasteiger partial charge on any atom is -0.300 e. The molecule has 1 nitrogen and oxygen atoms in total. The molecule has 1 saturated heterocycles. The van der Waals surface area contributed by atoms with Gasteiger partial charge in [-0.25, -0.2) is 0 Å². The summed E-state index contributed by atoms with van der Waals surface area (Å²) in [5, 5.41) is 0. The summed E-state index contributed by atoms with van der Waals surface area (Å²) in [5.41, 5.74) is 0.502. The van der Waals surface area contributed by atoms with Crippen LogP contribution in [0.5, 0.6) is 0 Å². The van der Waals surface area contributed by atoms with Crippen molar-refractivity contribution in [2.45, 2.75) is 25.7 Å². The summed E-state index contributed by atoms with van der Waals surface area (Å²) in [7, 11) is 0. The van der Waals surface area contributed by atoms with Crippen LogP contribution in [0, 0.1) is 5.41 Å². The molecule has 0 aromatic carbocycles. The van der Waals surface area contributed by atoms with Crippen LogP contribution >= 0.6 is 11.8 Å². The van der Waals surface area contributed by atoms with Crippen molar-refractivity contribution in [3.05, 3.63) is 0 Å². The van der Waals surface area contributed by atoms with Crippen molar-refractivity contribution in [1.29, 1.82) is 0 Å². The van der Waals surface area contributed by atoms with E-state index in [0.29, 0.717) is 11.2 Å². The van der Waals surface area contributed by atoms with Gasteiger partial charge >= 0.3 is 0 Å². The van der Waals surface area contributed by atoms with E-state index in [2.05, 4.69) is 0 Å². The van der Waals surface area contributed by atoms with E-state index in [9.17, 15) is 4.79 Å². The number of hydrogen-bond acceptors (Lipinski definition) is 2. The van der Waals surface area contributed by atoms with Crippen LogP contribution in [0.25, 0.3) is 0 Å². The van der Waals surface area contributed by atoms with Crippen molar-refractivity contribution in [3.8, 4) is 0 Å². The smallest absolute Gasteiger partial charge is 0.134 e. The highest BCUT2D eigenvalue weighted by Gasteiger charge is 2.43. The van der Waals surface area contributed by atoms with Crippen LogP contribution in [0.2, 0.25) is 0 Å². The molecule has 0 N–H and O–H groups in total. The van der Waals surface area contributed by atoms with Crippen molar-refractivity contribution in [2.75, 3.05) is 11.5 Å². The molecule has 2 rings (SSSR count). The molecular formula is C8H12OS. The quantitative estimate of drug-likeness (QED) is 0.532. The van der Waals surface area contributed by atoms with Crippen LogP contribution in [0.4, 0.5) is 0 Å². The summed E-state index contributed by atoms with van der Waals surface area (Å²) < 4.78 is 0. The Kier molecular flexibility index (Phi) is 1.52. The Hall–Kier alpha value is 0.0200. The van der Waals surface area contributed by atoms with E-state index in [-0.39, 0.29) is 0 Å². The van der Waals surface area contributed by atoms with Gasteiger partial charge in [-0.3, -0.25) is 4.79 Å². The van der Waals surface area contributed by atoms with Gasteiger partial charge in [0.2, 0.25) is 0 Å². The van der Waals surface area contributed by atoms with Crippen molar-refractivity contribution in [2.24, 2.45) is 5.41 Å². The van der Waals surface area contributed by atoms with Crippen molar-refractivity contribution >= 4 is 17.5 Å². The molecule has 0 radical (unpaired) electrons. The molecule has 2 aliphatic rings. The molecule has 0 atom stereocenters. The SMILES string of the molecule is O=C1CC2(CCSCC2)C1. The van der Waals surface area contributed by atoms with E-state index in [0.717, 1.165) is 12.8 Å². The van der Waals surface area contributed by atoms with Crippen molar-refractivity contribution < 1.29 is 4.79 Å². The highest BCUT2D eigenvalue weighted by molar-refractivity contribution is 7.99. The second-order valence-corrected chi connectivity index (χ2v) is 4.73. The number of thioether (sulfide) groups is 1. The molecule has 1 aliphatic carbocycles. The van der Waals surface area contributed by atoms with Crippen LogP contribution in [-0.2, 0) is 4.79 Å². The zero-order valence-electron chi connectivity index (χ0n) is 6.06. The molecule has 0 aromatic heterocycles. The lowest BCUT2D eigenvalue weighted by atomic mass is 9.64. The fraction of sp³-hybridized carbons (Fsp3) is 0.875. The first-order valence-corrected chi connectivity index (χ1v) is 5.06. The van der Waals surface area contributed by atoms with Crippen LogP contribution < -0.4 is 0 Å². The molecule has 0 aromatic rings. The van der Waals surface area contributed by atoms with Gasteiger partial charge in [-0.15, -0.1) is 0 Å². The fourth-order valence-corrected chi connectivity index (χ4v) is 3.30. The molecule has 0 unspecified atom stereocenters. The van der Waals surface area contributed by atoms with E-state index >= 15 is 0 Å². The predicted molar refractivity (Wildman–Crippen MR) is 43.2 cm³/mol. The number of carbonyl (C=O) groups is 1. The Bertz CT molecular complexity index is 149. The maximum Gasteiger partial charge on any atom is 0.134 e. The van der Waals surface area contributed by atoms with Gasteiger partial charge in [0.1, 0.15) is 5.78 Å². The summed E-state index contributed by atoms with van der Waals surface area (Å²) in [4.78, 5) is 10.8. The standard InChI is InChI=1S/C8H12OS/c9-7-5-8(6-7)1-3-10-4-2-8/h1-6H2. The number of Topliss-reactive ketones (excluding diaryl/α,β-unsaturated/α-hetero) is 1. The first kappa shape index (κ1) is 6.71. The van der Waals surface area contributed by atoms with E-state index in [1.54, 1.807) is 0 Å². The molecule has 0 bridgehead atoms. The Morgan fingerprint density at radius 1 is 1.20 bits per heavy atom. The van der Waals surface area contributed by atoms with Gasteiger partial charge in [0.15, 0.2) is 0 Å². The first-order chi connectivity index (χ1) is 4.81. The average Bonchev–Trinajstić information content (AvgIpc) is 1.87. The minimum atomic E-state index is 0.493. The largest absolute Gasteiger partial charge is 0.300 e. The lowest BCUT2D eigenvalue weighted by Gasteiger charge is -2.43. The second-order valence-electron chi connectivity index (χ2n) is 3.50. The molecule has 1 aliphatic heterocycles. The molecule has 56 valence electrons. The number of ketones is 1. The second kappa shape index (κ2) is 2.26. The van der Waals surface area contributed by atoms with Gasteiger partial charge in [-0.2, -0.15) is 11.8 Å². The monoisotopic (exact) mass is 156 g/mol. The number of carbonyl (C=O) groups excluding carboxylic acids is 1. The molecule has 2 fully saturated rings. The third-order valence-electron chi connectivity index (χ3n) is 2.70. The Labute approximate surface area is 65.6 Å². The molecule has 2 heteroatoms. The molecule has 1 spiro atoms. The highest BCUT2D eigenvalue weighted by atomic mass is 32.2. The topological polar surface area (TPSA) is 17.1 Å². The Morgan fingerprint density at radius 3 is 2.30 bits per heavy atom. The average molecular weight is 156 g/mol. The van der Waals surface area contributed by atoms with Gasteiger partial charge in [-0.05, 0) is 29.8 Å². The van der Waals surface area contributed by atoms with Gasteiger partial charge < -0.3 is 0 Å². The third-order valence-corrected chi connectivity index (χ3v) is 3.68. The van der Waals surface area contributed by atoms with Gasteiger partial charge in [0.05, 0.1) is 0 Å². The Balaban J connectivity index is 1.96. The summed E-state index contributed by atoms with van der Waals surface area (Å²) in [6, 6.07) is 0. The third kappa shape index (κ3) is 0.986. The summed E-state index contributed by atoms with van der Waals surface area (Å²) in [5.74, 6) is 3.06. The zero-order chi connectivity index (χ0) is 7.03. The molecule has 0 amide bonds. The molecule has 10 heavy (non-hydrogen) atoms. The van der Waals surface area contributed by atoms with Crippen LogP contribution in [0.15, 0.2) is 0 Å². The number of rotatable bonds is 0. The van der Waals surface area contributed by atoms with Crippen molar-refractivity contribution in [3.63, 3.8) is 0 Å². The first-order valence-electron chi connectivity index (χ1n) is 3.90. The summed E-state index contributed by atoms with van der Waals surface area (Å²) in [6.45, 7) is 0. The summed E-state index contributed by atoms with van der Waals surface area (Å²) in [6.07, 6.45) is 4.38. The van der Waals surface area contributed by atoms with E-state index in [1.807, 2.05) is 11.8 Å². The van der Waals surface area contributed by atoms with Gasteiger partial charge in [0, 0.05) is 12.8 Å². The summed E-state index contributed by atoms with van der Waals surface area (Å²) >= 11 is 2.04. The van der Waals surface area contributed by atoms with E-state index in [1.165, 1.54) is 24.3 Å². The fourth-order valence-electron chi connectivity index (χ4n) is 1.94. The Morgan fingerprint density at radius 2 is 1.80 bits per heavy atom. The van der Waals surface area contributed by atoms with Crippen LogP contribution in [-0.4, -0.2) is 17.3 Å². The highest BCUT2D eigenvalue weighted by Crippen LogP contribution is 2.48. The van der Waals surface area contributed by atoms with Crippen LogP contribution in [0.1, 0.15) is 25.7 Å². The molecule has 1 saturated carbocycles. The van der Waals surface area contributed by atoms with Gasteiger partial charge in [0.25, 0.3) is 0 Å². The van der Waals surface area contributed by atoms with E-state index < -0.39 is 0 Å². The van der Waals surface area contributed by atoms with Crippen LogP contribution in [0.3, 0.4) is 0 Å². The predicted octanol–water partition coefficient (Wildman–Crippen LogP) is 1.86. The zero-order valence-corrected chi connectivity index (χ0v) is 6.88. The maximum absolute atomic E-state index is 10.8. The lowest BCUT2D eigenvalue weighted by molar-refractivity contribution is -0.133. The maximum atomic E-state index is 10.8. The molecular weight excluding hydrogens is 144 g/mol. The lowest BCUT2D eigenvalue weighted by Crippen LogP contribution is -2.40. The van der Waals surface area contributed by atoms with Crippen molar-refractivity contribution in [1.82, 2.24) is 0 Å². The normalized spacial score (nSPS) is 30.2. The number of hydrogen-bond donors (Lipinski definition) is 0. The molecule has 1 heterocycles.